The summed E-state index contributed by atoms with van der Waals surface area (Å²) in [5.41, 5.74) is 0. The zero-order chi connectivity index (χ0) is 7.40. The Labute approximate surface area is 65.0 Å². The lowest BCUT2D eigenvalue weighted by Gasteiger charge is -2.13. The molecule has 1 nitrogen and oxygen atoms in total. The van der Waals surface area contributed by atoms with E-state index in [0.717, 1.165) is 5.75 Å². The third-order valence-corrected chi connectivity index (χ3v) is 2.70. The van der Waals surface area contributed by atoms with E-state index in [4.69, 9.17) is 0 Å². The van der Waals surface area contributed by atoms with Crippen molar-refractivity contribution in [2.45, 2.75) is 19.3 Å². The van der Waals surface area contributed by atoms with Crippen LogP contribution < -0.4 is 0 Å². The summed E-state index contributed by atoms with van der Waals surface area (Å²) in [6, 6.07) is 0. The van der Waals surface area contributed by atoms with Gasteiger partial charge in [-0.3, -0.25) is 4.21 Å². The third kappa shape index (κ3) is 2.65. The second kappa shape index (κ2) is 3.91. The normalized spacial score (nSPS) is 28.3. The Bertz CT molecular complexity index is 151. The fraction of sp³-hybridized carbons (Fsp3) is 0.750. The molecule has 0 amide bonds. The lowest BCUT2D eigenvalue weighted by atomic mass is 9.98. The fourth-order valence-corrected chi connectivity index (χ4v) is 2.20. The molecule has 2 unspecified atom stereocenters. The van der Waals surface area contributed by atoms with Crippen molar-refractivity contribution in [1.82, 2.24) is 0 Å². The van der Waals surface area contributed by atoms with Crippen molar-refractivity contribution in [3.05, 3.63) is 12.2 Å². The van der Waals surface area contributed by atoms with Crippen molar-refractivity contribution in [3.8, 4) is 0 Å². The molecule has 0 saturated carbocycles. The van der Waals surface area contributed by atoms with Gasteiger partial charge in [-0.15, -0.1) is 0 Å². The molecule has 0 radical (unpaired) electrons. The summed E-state index contributed by atoms with van der Waals surface area (Å²) in [6.07, 6.45) is 9.93. The van der Waals surface area contributed by atoms with Crippen LogP contribution in [0.2, 0.25) is 0 Å². The lowest BCUT2D eigenvalue weighted by Crippen LogP contribution is -2.09. The van der Waals surface area contributed by atoms with Gasteiger partial charge < -0.3 is 0 Å². The number of rotatable bonds is 2. The van der Waals surface area contributed by atoms with E-state index in [1.54, 1.807) is 6.26 Å². The first kappa shape index (κ1) is 7.99. The number of hydrogen-bond donors (Lipinski definition) is 0. The molecule has 0 spiro atoms. The van der Waals surface area contributed by atoms with E-state index >= 15 is 0 Å². The summed E-state index contributed by atoms with van der Waals surface area (Å²) in [5, 5.41) is 0. The van der Waals surface area contributed by atoms with Crippen LogP contribution in [0.1, 0.15) is 19.3 Å². The highest BCUT2D eigenvalue weighted by Gasteiger charge is 2.08. The maximum Gasteiger partial charge on any atom is 0.0294 e. The van der Waals surface area contributed by atoms with E-state index in [1.807, 2.05) is 0 Å². The van der Waals surface area contributed by atoms with E-state index in [0.29, 0.717) is 5.92 Å². The molecule has 1 aliphatic rings. The van der Waals surface area contributed by atoms with Gasteiger partial charge in [-0.1, -0.05) is 12.2 Å². The summed E-state index contributed by atoms with van der Waals surface area (Å²) in [5.74, 6) is 1.45. The molecule has 0 heterocycles. The molecule has 0 aliphatic heterocycles. The van der Waals surface area contributed by atoms with Crippen LogP contribution in [0, 0.1) is 5.92 Å². The van der Waals surface area contributed by atoms with Gasteiger partial charge in [0.1, 0.15) is 0 Å². The molecular formula is C8H14OS. The summed E-state index contributed by atoms with van der Waals surface area (Å²) < 4.78 is 10.8. The van der Waals surface area contributed by atoms with Crippen LogP contribution in [0.3, 0.4) is 0 Å². The van der Waals surface area contributed by atoms with Crippen LogP contribution in [-0.2, 0) is 10.8 Å². The zero-order valence-corrected chi connectivity index (χ0v) is 7.19. The molecule has 2 atom stereocenters. The molecule has 58 valence electrons. The quantitative estimate of drug-likeness (QED) is 0.559. The molecule has 0 fully saturated rings. The van der Waals surface area contributed by atoms with Crippen LogP contribution >= 0.6 is 0 Å². The minimum absolute atomic E-state index is 0.597. The van der Waals surface area contributed by atoms with E-state index in [-0.39, 0.29) is 0 Å². The lowest BCUT2D eigenvalue weighted by molar-refractivity contribution is 0.583. The molecule has 10 heavy (non-hydrogen) atoms. The van der Waals surface area contributed by atoms with Gasteiger partial charge >= 0.3 is 0 Å². The van der Waals surface area contributed by atoms with Crippen molar-refractivity contribution in [3.63, 3.8) is 0 Å². The SMILES string of the molecule is CS(=O)CC1C=CCCC1. The largest absolute Gasteiger partial charge is 0.260 e. The van der Waals surface area contributed by atoms with Crippen molar-refractivity contribution in [1.29, 1.82) is 0 Å². The molecule has 0 aromatic rings. The van der Waals surface area contributed by atoms with E-state index in [2.05, 4.69) is 12.2 Å². The number of allylic oxidation sites excluding steroid dienone is 2. The standard InChI is InChI=1S/C8H14OS/c1-10(9)7-8-5-3-2-4-6-8/h3,5,8H,2,4,6-7H2,1H3. The average molecular weight is 158 g/mol. The highest BCUT2D eigenvalue weighted by Crippen LogP contribution is 2.17. The Morgan fingerprint density at radius 3 is 3.00 bits per heavy atom. The van der Waals surface area contributed by atoms with Gasteiger partial charge in [0.2, 0.25) is 0 Å². The Morgan fingerprint density at radius 2 is 2.50 bits per heavy atom. The van der Waals surface area contributed by atoms with Crippen LogP contribution in [0.25, 0.3) is 0 Å². The number of hydrogen-bond acceptors (Lipinski definition) is 1. The molecule has 2 heteroatoms. The van der Waals surface area contributed by atoms with Crippen LogP contribution in [0.5, 0.6) is 0 Å². The van der Waals surface area contributed by atoms with Crippen molar-refractivity contribution in [2.75, 3.05) is 12.0 Å². The maximum atomic E-state index is 10.8. The van der Waals surface area contributed by atoms with Gasteiger partial charge in [0.05, 0.1) is 0 Å². The first-order valence-electron chi connectivity index (χ1n) is 3.76. The highest BCUT2D eigenvalue weighted by atomic mass is 32.2. The minimum Gasteiger partial charge on any atom is -0.260 e. The topological polar surface area (TPSA) is 17.1 Å². The molecule has 0 aromatic heterocycles. The van der Waals surface area contributed by atoms with Crippen molar-refractivity contribution < 1.29 is 4.21 Å². The summed E-state index contributed by atoms with van der Waals surface area (Å²) in [7, 11) is -0.614. The smallest absolute Gasteiger partial charge is 0.0294 e. The van der Waals surface area contributed by atoms with Crippen molar-refractivity contribution in [2.24, 2.45) is 5.92 Å². The first-order valence-corrected chi connectivity index (χ1v) is 5.48. The van der Waals surface area contributed by atoms with Crippen LogP contribution in [0.4, 0.5) is 0 Å². The Hall–Kier alpha value is -0.110. The highest BCUT2D eigenvalue weighted by molar-refractivity contribution is 7.84. The summed E-state index contributed by atoms with van der Waals surface area (Å²) in [6.45, 7) is 0. The first-order chi connectivity index (χ1) is 4.79. The van der Waals surface area contributed by atoms with Gasteiger partial charge in [-0.05, 0) is 25.2 Å². The zero-order valence-electron chi connectivity index (χ0n) is 6.38. The molecule has 0 bridgehead atoms. The molecule has 0 saturated heterocycles. The van der Waals surface area contributed by atoms with Gasteiger partial charge in [0.15, 0.2) is 0 Å². The Kier molecular flexibility index (Phi) is 3.13. The molecule has 0 N–H and O–H groups in total. The molecule has 1 aliphatic carbocycles. The van der Waals surface area contributed by atoms with Crippen LogP contribution in [-0.4, -0.2) is 16.2 Å². The molecule has 0 aromatic carbocycles. The van der Waals surface area contributed by atoms with Crippen LogP contribution in [0.15, 0.2) is 12.2 Å². The predicted octanol–water partition coefficient (Wildman–Crippen LogP) is 1.72. The van der Waals surface area contributed by atoms with E-state index in [1.165, 1.54) is 19.3 Å². The predicted molar refractivity (Wildman–Crippen MR) is 45.4 cm³/mol. The van der Waals surface area contributed by atoms with Gasteiger partial charge in [0.25, 0.3) is 0 Å². The third-order valence-electron chi connectivity index (χ3n) is 1.80. The van der Waals surface area contributed by atoms with Gasteiger partial charge in [0, 0.05) is 22.8 Å². The Morgan fingerprint density at radius 1 is 1.70 bits per heavy atom. The van der Waals surface area contributed by atoms with Gasteiger partial charge in [-0.2, -0.15) is 0 Å². The molecular weight excluding hydrogens is 144 g/mol. The molecule has 1 rings (SSSR count). The van der Waals surface area contributed by atoms with E-state index in [9.17, 15) is 4.21 Å². The Balaban J connectivity index is 2.33. The monoisotopic (exact) mass is 158 g/mol. The minimum atomic E-state index is -0.614. The van der Waals surface area contributed by atoms with Gasteiger partial charge in [-0.25, -0.2) is 0 Å². The summed E-state index contributed by atoms with van der Waals surface area (Å²) in [4.78, 5) is 0. The second-order valence-electron chi connectivity index (χ2n) is 2.86. The van der Waals surface area contributed by atoms with E-state index < -0.39 is 10.8 Å². The summed E-state index contributed by atoms with van der Waals surface area (Å²) >= 11 is 0. The fourth-order valence-electron chi connectivity index (χ4n) is 1.32. The average Bonchev–Trinajstić information content (AvgIpc) is 1.88. The second-order valence-corrected chi connectivity index (χ2v) is 4.34. The maximum absolute atomic E-state index is 10.8. The van der Waals surface area contributed by atoms with Crippen molar-refractivity contribution >= 4 is 10.8 Å².